The van der Waals surface area contributed by atoms with E-state index in [1.807, 2.05) is 19.3 Å². The van der Waals surface area contributed by atoms with Crippen LogP contribution in [0.2, 0.25) is 0 Å². The minimum Gasteiger partial charge on any atom is -0.355 e. The van der Waals surface area contributed by atoms with Crippen LogP contribution in [-0.4, -0.2) is 59.4 Å². The van der Waals surface area contributed by atoms with Crippen molar-refractivity contribution < 1.29 is 0 Å². The van der Waals surface area contributed by atoms with E-state index in [9.17, 15) is 0 Å². The lowest BCUT2D eigenvalue weighted by atomic mass is 10.1. The van der Waals surface area contributed by atoms with Crippen molar-refractivity contribution in [1.82, 2.24) is 20.2 Å². The molecule has 0 amide bonds. The van der Waals surface area contributed by atoms with Crippen LogP contribution in [0.25, 0.3) is 0 Å². The molecule has 0 aromatic carbocycles. The highest BCUT2D eigenvalue weighted by Gasteiger charge is 2.20. The van der Waals surface area contributed by atoms with Crippen LogP contribution in [0, 0.1) is 6.92 Å². The van der Waals surface area contributed by atoms with Gasteiger partial charge in [0.25, 0.3) is 0 Å². The van der Waals surface area contributed by atoms with Crippen LogP contribution in [0.15, 0.2) is 24.5 Å². The van der Waals surface area contributed by atoms with Gasteiger partial charge in [-0.05, 0) is 43.9 Å². The van der Waals surface area contributed by atoms with Crippen molar-refractivity contribution in [3.63, 3.8) is 0 Å². The van der Waals surface area contributed by atoms with Crippen molar-refractivity contribution >= 4 is 17.6 Å². The second-order valence-corrected chi connectivity index (χ2v) is 6.83. The molecule has 0 bridgehead atoms. The minimum atomic E-state index is 0.816. The number of piperazine rings is 1. The Kier molecular flexibility index (Phi) is 4.63. The minimum absolute atomic E-state index is 0.816. The fraction of sp³-hybridized carbons (Fsp3) is 0.556. The predicted molar refractivity (Wildman–Crippen MR) is 99.3 cm³/mol. The third-order valence-electron chi connectivity index (χ3n) is 4.97. The molecule has 0 atom stereocenters. The number of hydrogen-bond acceptors (Lipinski definition) is 7. The molecule has 2 aromatic rings. The average Bonchev–Trinajstić information content (AvgIpc) is 2.70. The average molecular weight is 339 g/mol. The molecule has 0 aliphatic carbocycles. The molecule has 0 N–H and O–H groups in total. The van der Waals surface area contributed by atoms with Gasteiger partial charge in [0.2, 0.25) is 5.95 Å². The third kappa shape index (κ3) is 3.65. The molecule has 7 heteroatoms. The highest BCUT2D eigenvalue weighted by Crippen LogP contribution is 2.20. The zero-order chi connectivity index (χ0) is 17.1. The quantitative estimate of drug-likeness (QED) is 0.846. The van der Waals surface area contributed by atoms with E-state index in [0.29, 0.717) is 0 Å². The molecule has 4 rings (SSSR count). The highest BCUT2D eigenvalue weighted by molar-refractivity contribution is 5.47. The van der Waals surface area contributed by atoms with Crippen molar-refractivity contribution in [2.75, 3.05) is 54.0 Å². The molecule has 2 aliphatic heterocycles. The van der Waals surface area contributed by atoms with E-state index in [0.717, 1.165) is 62.4 Å². The number of anilines is 3. The van der Waals surface area contributed by atoms with Crippen molar-refractivity contribution in [2.24, 2.45) is 0 Å². The summed E-state index contributed by atoms with van der Waals surface area (Å²) in [4.78, 5) is 15.7. The first kappa shape index (κ1) is 16.1. The van der Waals surface area contributed by atoms with E-state index in [-0.39, 0.29) is 0 Å². The zero-order valence-corrected chi connectivity index (χ0v) is 14.8. The van der Waals surface area contributed by atoms with Gasteiger partial charge in [0.1, 0.15) is 0 Å². The Morgan fingerprint density at radius 1 is 0.680 bits per heavy atom. The van der Waals surface area contributed by atoms with Gasteiger partial charge in [-0.15, -0.1) is 10.2 Å². The Labute approximate surface area is 148 Å². The lowest BCUT2D eigenvalue weighted by Crippen LogP contribution is -2.47. The van der Waals surface area contributed by atoms with Gasteiger partial charge in [0.15, 0.2) is 11.6 Å². The summed E-state index contributed by atoms with van der Waals surface area (Å²) in [6.45, 7) is 7.83. The van der Waals surface area contributed by atoms with Crippen molar-refractivity contribution in [1.29, 1.82) is 0 Å². The van der Waals surface area contributed by atoms with Gasteiger partial charge < -0.3 is 14.7 Å². The lowest BCUT2D eigenvalue weighted by molar-refractivity contribution is 0.570. The predicted octanol–water partition coefficient (Wildman–Crippen LogP) is 1.89. The SMILES string of the molecule is Cc1cnc(N2CCN(c3ccc(N4CCCCC4)nn3)CC2)nc1. The van der Waals surface area contributed by atoms with Gasteiger partial charge in [-0.3, -0.25) is 0 Å². The fourth-order valence-electron chi connectivity index (χ4n) is 3.46. The summed E-state index contributed by atoms with van der Waals surface area (Å²) in [6.07, 6.45) is 7.59. The van der Waals surface area contributed by atoms with Gasteiger partial charge in [-0.25, -0.2) is 9.97 Å². The van der Waals surface area contributed by atoms with Gasteiger partial charge in [0.05, 0.1) is 0 Å². The molecule has 25 heavy (non-hydrogen) atoms. The molecule has 0 unspecified atom stereocenters. The molecular formula is C18H25N7. The summed E-state index contributed by atoms with van der Waals surface area (Å²) in [5.41, 5.74) is 1.09. The largest absolute Gasteiger partial charge is 0.355 e. The second-order valence-electron chi connectivity index (χ2n) is 6.83. The monoisotopic (exact) mass is 339 g/mol. The zero-order valence-electron chi connectivity index (χ0n) is 14.8. The Bertz CT molecular complexity index is 672. The summed E-state index contributed by atoms with van der Waals surface area (Å²) >= 11 is 0. The lowest BCUT2D eigenvalue weighted by Gasteiger charge is -2.35. The van der Waals surface area contributed by atoms with Crippen LogP contribution in [0.4, 0.5) is 17.6 Å². The highest BCUT2D eigenvalue weighted by atomic mass is 15.4. The Morgan fingerprint density at radius 2 is 1.20 bits per heavy atom. The Morgan fingerprint density at radius 3 is 1.76 bits per heavy atom. The molecule has 0 spiro atoms. The first-order chi connectivity index (χ1) is 12.3. The van der Waals surface area contributed by atoms with Crippen LogP contribution in [0.3, 0.4) is 0 Å². The van der Waals surface area contributed by atoms with E-state index < -0.39 is 0 Å². The summed E-state index contributed by atoms with van der Waals surface area (Å²) in [7, 11) is 0. The number of aryl methyl sites for hydroxylation is 1. The molecular weight excluding hydrogens is 314 g/mol. The summed E-state index contributed by atoms with van der Waals surface area (Å²) < 4.78 is 0. The van der Waals surface area contributed by atoms with E-state index >= 15 is 0 Å². The molecule has 2 aromatic heterocycles. The van der Waals surface area contributed by atoms with E-state index in [2.05, 4.69) is 47.0 Å². The van der Waals surface area contributed by atoms with Crippen LogP contribution >= 0.6 is 0 Å². The maximum Gasteiger partial charge on any atom is 0.225 e. The van der Waals surface area contributed by atoms with Crippen LogP contribution in [0.1, 0.15) is 24.8 Å². The summed E-state index contributed by atoms with van der Waals surface area (Å²) in [5, 5.41) is 8.93. The number of piperidine rings is 1. The molecule has 132 valence electrons. The second kappa shape index (κ2) is 7.21. The fourth-order valence-corrected chi connectivity index (χ4v) is 3.46. The first-order valence-electron chi connectivity index (χ1n) is 9.17. The Hall–Kier alpha value is -2.44. The van der Waals surface area contributed by atoms with Crippen LogP contribution in [0.5, 0.6) is 0 Å². The molecule has 0 radical (unpaired) electrons. The first-order valence-corrected chi connectivity index (χ1v) is 9.17. The molecule has 0 saturated carbocycles. The third-order valence-corrected chi connectivity index (χ3v) is 4.97. The van der Waals surface area contributed by atoms with Gasteiger partial charge in [0, 0.05) is 51.7 Å². The number of nitrogens with zero attached hydrogens (tertiary/aromatic N) is 7. The maximum atomic E-state index is 4.47. The van der Waals surface area contributed by atoms with Crippen molar-refractivity contribution in [3.8, 4) is 0 Å². The normalized spacial score (nSPS) is 18.5. The van der Waals surface area contributed by atoms with E-state index in [4.69, 9.17) is 0 Å². The van der Waals surface area contributed by atoms with Crippen LogP contribution in [-0.2, 0) is 0 Å². The molecule has 2 fully saturated rings. The van der Waals surface area contributed by atoms with Crippen molar-refractivity contribution in [2.45, 2.75) is 26.2 Å². The maximum absolute atomic E-state index is 4.47. The van der Waals surface area contributed by atoms with E-state index in [1.165, 1.54) is 19.3 Å². The van der Waals surface area contributed by atoms with Gasteiger partial charge in [-0.2, -0.15) is 0 Å². The molecule has 2 saturated heterocycles. The topological polar surface area (TPSA) is 61.3 Å². The molecule has 4 heterocycles. The van der Waals surface area contributed by atoms with E-state index in [1.54, 1.807) is 0 Å². The van der Waals surface area contributed by atoms with Gasteiger partial charge in [-0.1, -0.05) is 0 Å². The standard InChI is InChI=1S/C18H25N7/c1-15-13-19-18(20-14-15)25-11-9-24(10-12-25)17-6-5-16(21-22-17)23-7-3-2-4-8-23/h5-6,13-14H,2-4,7-12H2,1H3. The molecule has 2 aliphatic rings. The number of hydrogen-bond donors (Lipinski definition) is 0. The van der Waals surface area contributed by atoms with Crippen molar-refractivity contribution in [3.05, 3.63) is 30.1 Å². The smallest absolute Gasteiger partial charge is 0.225 e. The van der Waals surface area contributed by atoms with Crippen LogP contribution < -0.4 is 14.7 Å². The van der Waals surface area contributed by atoms with Gasteiger partial charge >= 0.3 is 0 Å². The summed E-state index contributed by atoms with van der Waals surface area (Å²) in [5.74, 6) is 2.79. The molecule has 7 nitrogen and oxygen atoms in total. The summed E-state index contributed by atoms with van der Waals surface area (Å²) in [6, 6.07) is 4.22. The number of aromatic nitrogens is 4. The Balaban J connectivity index is 1.36. The number of rotatable bonds is 3.